The molecule has 20 heavy (non-hydrogen) atoms. The van der Waals surface area contributed by atoms with Crippen molar-refractivity contribution in [3.05, 3.63) is 21.9 Å². The highest BCUT2D eigenvalue weighted by atomic mass is 32.2. The number of thiophene rings is 1. The maximum atomic E-state index is 12.2. The largest absolute Gasteiger partial charge is 0.384 e. The first-order chi connectivity index (χ1) is 9.62. The summed E-state index contributed by atoms with van der Waals surface area (Å²) in [5.74, 6) is 5.40. The Hall–Kier alpha value is -0.870. The lowest BCUT2D eigenvalue weighted by molar-refractivity contribution is 0.350. The minimum Gasteiger partial charge on any atom is -0.384 e. The number of sulfonamides is 1. The summed E-state index contributed by atoms with van der Waals surface area (Å²) in [6, 6.07) is 3.72. The van der Waals surface area contributed by atoms with Gasteiger partial charge in [0.2, 0.25) is 10.0 Å². The van der Waals surface area contributed by atoms with Crippen molar-refractivity contribution >= 4 is 21.4 Å². The molecular weight excluding hydrogens is 294 g/mol. The Morgan fingerprint density at radius 3 is 2.75 bits per heavy atom. The Bertz CT molecular complexity index is 589. The van der Waals surface area contributed by atoms with Crippen LogP contribution < -0.4 is 4.72 Å². The number of hydrogen-bond donors (Lipinski definition) is 2. The van der Waals surface area contributed by atoms with E-state index < -0.39 is 10.0 Å². The lowest BCUT2D eigenvalue weighted by Crippen LogP contribution is -2.35. The average molecular weight is 313 g/mol. The van der Waals surface area contributed by atoms with Crippen LogP contribution in [0.3, 0.4) is 0 Å². The van der Waals surface area contributed by atoms with Crippen LogP contribution in [0.5, 0.6) is 0 Å². The zero-order valence-electron chi connectivity index (χ0n) is 11.3. The van der Waals surface area contributed by atoms with Crippen molar-refractivity contribution < 1.29 is 13.5 Å². The van der Waals surface area contributed by atoms with Crippen molar-refractivity contribution in [1.82, 2.24) is 4.72 Å². The van der Waals surface area contributed by atoms with Crippen LogP contribution >= 0.6 is 11.3 Å². The molecule has 0 aromatic carbocycles. The zero-order valence-corrected chi connectivity index (χ0v) is 12.9. The fourth-order valence-corrected chi connectivity index (χ4v) is 4.79. The first kappa shape index (κ1) is 15.5. The molecule has 6 heteroatoms. The van der Waals surface area contributed by atoms with Crippen molar-refractivity contribution in [2.75, 3.05) is 6.61 Å². The summed E-state index contributed by atoms with van der Waals surface area (Å²) in [5, 5.41) is 8.40. The smallest absolute Gasteiger partial charge is 0.214 e. The van der Waals surface area contributed by atoms with E-state index in [1.807, 2.05) is 12.1 Å². The van der Waals surface area contributed by atoms with Crippen LogP contribution in [0.25, 0.3) is 0 Å². The van der Waals surface area contributed by atoms with Crippen LogP contribution in [-0.2, 0) is 16.6 Å². The summed E-state index contributed by atoms with van der Waals surface area (Å²) >= 11 is 1.45. The summed E-state index contributed by atoms with van der Waals surface area (Å²) in [5.41, 5.74) is 0. The summed E-state index contributed by atoms with van der Waals surface area (Å²) < 4.78 is 27.0. The molecule has 0 saturated heterocycles. The Labute approximate surface area is 124 Å². The quantitative estimate of drug-likeness (QED) is 0.834. The van der Waals surface area contributed by atoms with Gasteiger partial charge in [-0.15, -0.1) is 11.3 Å². The van der Waals surface area contributed by atoms with Gasteiger partial charge in [-0.25, -0.2) is 13.1 Å². The maximum absolute atomic E-state index is 12.2. The molecule has 0 atom stereocenters. The van der Waals surface area contributed by atoms with E-state index in [1.54, 1.807) is 0 Å². The molecule has 0 aliphatic heterocycles. The van der Waals surface area contributed by atoms with Crippen LogP contribution in [0.15, 0.2) is 12.1 Å². The second-order valence-corrected chi connectivity index (χ2v) is 8.07. The predicted molar refractivity (Wildman–Crippen MR) is 80.9 cm³/mol. The Morgan fingerprint density at radius 1 is 1.30 bits per heavy atom. The summed E-state index contributed by atoms with van der Waals surface area (Å²) in [4.78, 5) is 1.78. The Kier molecular flexibility index (Phi) is 5.61. The lowest BCUT2D eigenvalue weighted by atomic mass is 10.0. The van der Waals surface area contributed by atoms with E-state index in [9.17, 15) is 8.42 Å². The first-order valence-corrected chi connectivity index (χ1v) is 9.15. The molecule has 2 rings (SSSR count). The molecule has 0 bridgehead atoms. The molecule has 4 nitrogen and oxygen atoms in total. The zero-order chi connectivity index (χ0) is 14.4. The van der Waals surface area contributed by atoms with Gasteiger partial charge in [-0.1, -0.05) is 31.1 Å². The number of aliphatic hydroxyl groups excluding tert-OH is 1. The monoisotopic (exact) mass is 313 g/mol. The third kappa shape index (κ3) is 4.32. The van der Waals surface area contributed by atoms with E-state index >= 15 is 0 Å². The van der Waals surface area contributed by atoms with Crippen LogP contribution in [0, 0.1) is 11.8 Å². The van der Waals surface area contributed by atoms with E-state index in [0.717, 1.165) is 41.9 Å². The molecule has 2 N–H and O–H groups in total. The van der Waals surface area contributed by atoms with E-state index in [1.165, 1.54) is 11.3 Å². The highest BCUT2D eigenvalue weighted by Crippen LogP contribution is 2.23. The van der Waals surface area contributed by atoms with E-state index in [4.69, 9.17) is 5.11 Å². The summed E-state index contributed by atoms with van der Waals surface area (Å²) in [6.07, 6.45) is 4.70. The van der Waals surface area contributed by atoms with E-state index in [2.05, 4.69) is 16.6 Å². The molecule has 1 aromatic rings. The average Bonchev–Trinajstić information content (AvgIpc) is 2.92. The van der Waals surface area contributed by atoms with Crippen molar-refractivity contribution in [3.63, 3.8) is 0 Å². The topological polar surface area (TPSA) is 66.4 Å². The number of rotatable bonds is 4. The summed E-state index contributed by atoms with van der Waals surface area (Å²) in [6.45, 7) is 0.159. The van der Waals surface area contributed by atoms with Crippen LogP contribution in [0.4, 0.5) is 0 Å². The molecule has 0 radical (unpaired) electrons. The van der Waals surface area contributed by atoms with Gasteiger partial charge in [0, 0.05) is 11.4 Å². The fourth-order valence-electron chi connectivity index (χ4n) is 2.33. The van der Waals surface area contributed by atoms with Gasteiger partial charge < -0.3 is 5.11 Å². The minimum atomic E-state index is -3.21. The minimum absolute atomic E-state index is 0.165. The van der Waals surface area contributed by atoms with Crippen LogP contribution in [0.2, 0.25) is 0 Å². The molecule has 1 heterocycles. The molecular formula is C14H19NO3S2. The maximum Gasteiger partial charge on any atom is 0.214 e. The molecule has 1 saturated carbocycles. The molecule has 0 amide bonds. The van der Waals surface area contributed by atoms with E-state index in [0.29, 0.717) is 6.54 Å². The van der Waals surface area contributed by atoms with Gasteiger partial charge in [-0.3, -0.25) is 0 Å². The number of hydrogen-bond acceptors (Lipinski definition) is 4. The van der Waals surface area contributed by atoms with Crippen molar-refractivity contribution in [1.29, 1.82) is 0 Å². The van der Waals surface area contributed by atoms with Crippen LogP contribution in [-0.4, -0.2) is 25.4 Å². The van der Waals surface area contributed by atoms with Gasteiger partial charge in [0.15, 0.2) is 0 Å². The first-order valence-electron chi connectivity index (χ1n) is 6.79. The highest BCUT2D eigenvalue weighted by molar-refractivity contribution is 7.90. The van der Waals surface area contributed by atoms with Crippen molar-refractivity contribution in [2.45, 2.75) is 43.9 Å². The molecule has 1 aromatic heterocycles. The van der Waals surface area contributed by atoms with Gasteiger partial charge in [-0.05, 0) is 25.0 Å². The van der Waals surface area contributed by atoms with Gasteiger partial charge in [-0.2, -0.15) is 0 Å². The lowest BCUT2D eigenvalue weighted by Gasteiger charge is -2.21. The molecule has 1 fully saturated rings. The third-order valence-corrected chi connectivity index (χ3v) is 6.29. The number of nitrogens with one attached hydrogen (secondary N) is 1. The highest BCUT2D eigenvalue weighted by Gasteiger charge is 2.26. The predicted octanol–water partition coefficient (Wildman–Crippen LogP) is 1.84. The van der Waals surface area contributed by atoms with Gasteiger partial charge in [0.05, 0.1) is 10.1 Å². The second-order valence-electron chi connectivity index (χ2n) is 4.85. The fraction of sp³-hybridized carbons (Fsp3) is 0.571. The molecule has 110 valence electrons. The van der Waals surface area contributed by atoms with Gasteiger partial charge >= 0.3 is 0 Å². The Balaban J connectivity index is 1.92. The van der Waals surface area contributed by atoms with Crippen molar-refractivity contribution in [3.8, 4) is 11.8 Å². The SMILES string of the molecule is O=S(=O)(NCc1ccc(C#CCO)s1)C1CCCCC1. The van der Waals surface area contributed by atoms with Crippen molar-refractivity contribution in [2.24, 2.45) is 0 Å². The molecule has 1 aliphatic carbocycles. The normalized spacial score (nSPS) is 16.6. The summed E-state index contributed by atoms with van der Waals surface area (Å²) in [7, 11) is -3.21. The van der Waals surface area contributed by atoms with E-state index in [-0.39, 0.29) is 11.9 Å². The molecule has 1 aliphatic rings. The standard InChI is InChI=1S/C14H19NO3S2/c16-10-4-5-12-8-9-13(19-12)11-15-20(17,18)14-6-2-1-3-7-14/h8-9,14-16H,1-3,6-7,10-11H2. The second kappa shape index (κ2) is 7.23. The molecule has 0 unspecified atom stereocenters. The van der Waals surface area contributed by atoms with Gasteiger partial charge in [0.1, 0.15) is 6.61 Å². The van der Waals surface area contributed by atoms with Gasteiger partial charge in [0.25, 0.3) is 0 Å². The third-order valence-electron chi connectivity index (χ3n) is 3.39. The van der Waals surface area contributed by atoms with Crippen LogP contribution in [0.1, 0.15) is 41.9 Å². The Morgan fingerprint density at radius 2 is 2.05 bits per heavy atom. The molecule has 0 spiro atoms. The number of aliphatic hydroxyl groups is 1.